The van der Waals surface area contributed by atoms with Gasteiger partial charge in [0.05, 0.1) is 32.9 Å². The van der Waals surface area contributed by atoms with Gasteiger partial charge in [-0.25, -0.2) is 9.59 Å². The Balaban J connectivity index is 0.000000236. The third-order valence-electron chi connectivity index (χ3n) is 8.70. The monoisotopic (exact) mass is 1230 g/mol. The van der Waals surface area contributed by atoms with E-state index in [0.29, 0.717) is 23.6 Å². The van der Waals surface area contributed by atoms with Gasteiger partial charge in [-0.05, 0) is 191 Å². The molecule has 7 aromatic rings. The molecule has 0 spiro atoms. The predicted molar refractivity (Wildman–Crippen MR) is 261 cm³/mol. The van der Waals surface area contributed by atoms with Crippen LogP contribution in [-0.4, -0.2) is 34.0 Å². The molecule has 0 fully saturated rings. The normalized spacial score (nSPS) is 11.5. The number of benzene rings is 7. The molecule has 0 atom stereocenters. The van der Waals surface area contributed by atoms with E-state index in [1.807, 2.05) is 48.5 Å². The van der Waals surface area contributed by atoms with Crippen molar-refractivity contribution in [1.82, 2.24) is 0 Å². The number of aliphatic carboxylic acids is 2. The summed E-state index contributed by atoms with van der Waals surface area (Å²) in [6, 6.07) is 54.7. The fraction of sp³-hybridized carbons (Fsp3) is 0.120. The molecule has 2 N–H and O–H groups in total. The van der Waals surface area contributed by atoms with E-state index in [0.717, 1.165) is 44.2 Å². The first kappa shape index (κ1) is 56.3. The Bertz CT molecular complexity index is 2560. The summed E-state index contributed by atoms with van der Waals surface area (Å²) in [4.78, 5) is 24.4. The Morgan fingerprint density at radius 3 is 0.870 bits per heavy atom. The van der Waals surface area contributed by atoms with Crippen molar-refractivity contribution in [2.45, 2.75) is 67.4 Å². The highest BCUT2D eigenvalue weighted by Gasteiger charge is 2.36. The molecule has 0 amide bonds. The van der Waals surface area contributed by atoms with Crippen molar-refractivity contribution in [3.8, 4) is 11.5 Å². The first-order valence-electron chi connectivity index (χ1n) is 19.7. The summed E-state index contributed by atoms with van der Waals surface area (Å²) in [5, 5.41) is 15.0. The molecule has 0 aliphatic carbocycles. The Hall–Kier alpha value is -5.26. The first-order chi connectivity index (χ1) is 32.2. The van der Waals surface area contributed by atoms with Gasteiger partial charge in [0, 0.05) is 21.0 Å². The average molecular weight is 1230 g/mol. The Morgan fingerprint density at radius 2 is 0.609 bits per heavy atom. The number of ether oxygens (including phenoxy) is 1. The number of halogens is 12. The molecule has 0 aromatic heterocycles. The van der Waals surface area contributed by atoms with E-state index in [1.54, 1.807) is 0 Å². The zero-order valence-electron chi connectivity index (χ0n) is 35.8. The Morgan fingerprint density at radius 1 is 0.391 bits per heavy atom. The Labute approximate surface area is 423 Å². The molecule has 0 saturated heterocycles. The summed E-state index contributed by atoms with van der Waals surface area (Å²) in [6.45, 7) is 0.657. The van der Waals surface area contributed by atoms with Crippen LogP contribution in [0.5, 0.6) is 11.5 Å². The molecule has 7 aromatic carbocycles. The van der Waals surface area contributed by atoms with Gasteiger partial charge in [0.15, 0.2) is 29.4 Å². The molecular weight excluding hydrogens is 1190 g/mol. The van der Waals surface area contributed by atoms with Crippen LogP contribution in [0.15, 0.2) is 211 Å². The van der Waals surface area contributed by atoms with Gasteiger partial charge in [0.25, 0.3) is 0 Å². The van der Waals surface area contributed by atoms with E-state index in [-0.39, 0.29) is 10.9 Å². The third-order valence-corrected chi connectivity index (χ3v) is 14.6. The van der Waals surface area contributed by atoms with Gasteiger partial charge in [-0.1, -0.05) is 36.4 Å². The van der Waals surface area contributed by atoms with E-state index < -0.39 is 58.2 Å². The van der Waals surface area contributed by atoms with E-state index in [9.17, 15) is 53.5 Å². The van der Waals surface area contributed by atoms with Gasteiger partial charge in [-0.3, -0.25) is 0 Å². The van der Waals surface area contributed by atoms with Gasteiger partial charge in [0.2, 0.25) is 0 Å². The van der Waals surface area contributed by atoms with Crippen LogP contribution in [0.3, 0.4) is 0 Å². The minimum atomic E-state index is -4.45. The lowest BCUT2D eigenvalue weighted by molar-refractivity contribution is -0.162. The molecule has 19 heteroatoms. The molecule has 0 saturated carbocycles. The van der Waals surface area contributed by atoms with Crippen LogP contribution in [0, 0.1) is 7.14 Å². The second kappa shape index (κ2) is 25.0. The lowest BCUT2D eigenvalue weighted by Gasteiger charge is -2.11. The summed E-state index contributed by atoms with van der Waals surface area (Å²) >= 11 is 4.42. The molecule has 0 aliphatic heterocycles. The SMILES string of the molecule is CC(F)(F)C(=O)O.CC(F)(F)C(=O)O.FC(F)(F)c1ccc([S+](c2ccc(I)cc2)c2ccc(C(F)(F)F)cc2)cc1.Ic1ccc(Oc2ccc([S+](c3ccccc3)c3ccccc3)cc2)cc1. The topological polar surface area (TPSA) is 83.8 Å². The van der Waals surface area contributed by atoms with Crippen molar-refractivity contribution in [2.75, 3.05) is 0 Å². The van der Waals surface area contributed by atoms with Gasteiger partial charge in [0.1, 0.15) is 11.5 Å². The maximum absolute atomic E-state index is 12.9. The van der Waals surface area contributed by atoms with E-state index >= 15 is 0 Å². The van der Waals surface area contributed by atoms with Crippen LogP contribution in [0.25, 0.3) is 0 Å². The maximum Gasteiger partial charge on any atom is 0.416 e. The van der Waals surface area contributed by atoms with E-state index in [1.165, 1.54) is 42.5 Å². The highest BCUT2D eigenvalue weighted by molar-refractivity contribution is 14.1. The fourth-order valence-electron chi connectivity index (χ4n) is 5.34. The van der Waals surface area contributed by atoms with E-state index in [4.69, 9.17) is 14.9 Å². The van der Waals surface area contributed by atoms with Crippen LogP contribution in [0.1, 0.15) is 25.0 Å². The summed E-state index contributed by atoms with van der Waals surface area (Å²) in [5.41, 5.74) is -1.54. The van der Waals surface area contributed by atoms with Crippen molar-refractivity contribution in [3.63, 3.8) is 0 Å². The molecule has 362 valence electrons. The number of alkyl halides is 10. The highest BCUT2D eigenvalue weighted by Crippen LogP contribution is 2.37. The summed E-state index contributed by atoms with van der Waals surface area (Å²) < 4.78 is 130. The van der Waals surface area contributed by atoms with Crippen LogP contribution in [0.4, 0.5) is 43.9 Å². The minimum Gasteiger partial charge on any atom is -0.477 e. The number of carbonyl (C=O) groups is 2. The summed E-state index contributed by atoms with van der Waals surface area (Å²) in [7, 11) is -0.960. The average Bonchev–Trinajstić information content (AvgIpc) is 3.29. The number of hydrogen-bond acceptors (Lipinski definition) is 3. The van der Waals surface area contributed by atoms with Crippen LogP contribution in [-0.2, 0) is 43.7 Å². The molecular formula is C50H38F10I2O5S2+2. The van der Waals surface area contributed by atoms with Gasteiger partial charge in [-0.2, -0.15) is 43.9 Å². The molecule has 0 aliphatic rings. The van der Waals surface area contributed by atoms with Crippen molar-refractivity contribution < 1.29 is 68.4 Å². The molecule has 69 heavy (non-hydrogen) atoms. The first-order valence-corrected chi connectivity index (χ1v) is 24.3. The second-order valence-electron chi connectivity index (χ2n) is 14.2. The van der Waals surface area contributed by atoms with Crippen molar-refractivity contribution >= 4 is 78.9 Å². The molecule has 0 bridgehead atoms. The lowest BCUT2D eigenvalue weighted by Crippen LogP contribution is -2.22. The van der Waals surface area contributed by atoms with Crippen LogP contribution < -0.4 is 4.74 Å². The molecule has 5 nitrogen and oxygen atoms in total. The van der Waals surface area contributed by atoms with Crippen molar-refractivity contribution in [3.05, 3.63) is 200 Å². The zero-order chi connectivity index (χ0) is 51.2. The fourth-order valence-corrected chi connectivity index (χ4v) is 10.2. The number of carboxylic acids is 2. The molecule has 0 radical (unpaired) electrons. The van der Waals surface area contributed by atoms with Crippen LogP contribution >= 0.6 is 45.2 Å². The molecule has 0 unspecified atom stereocenters. The summed E-state index contributed by atoms with van der Waals surface area (Å²) in [6.07, 6.45) is -8.90. The molecule has 0 heterocycles. The van der Waals surface area contributed by atoms with Crippen molar-refractivity contribution in [1.29, 1.82) is 0 Å². The number of hydrogen-bond donors (Lipinski definition) is 2. The number of carboxylic acid groups (broad SMARTS) is 2. The highest BCUT2D eigenvalue weighted by atomic mass is 127. The lowest BCUT2D eigenvalue weighted by atomic mass is 10.2. The Kier molecular flexibility index (Phi) is 20.4. The zero-order valence-corrected chi connectivity index (χ0v) is 41.7. The maximum atomic E-state index is 12.9. The smallest absolute Gasteiger partial charge is 0.416 e. The molecule has 7 rings (SSSR count). The van der Waals surface area contributed by atoms with Crippen molar-refractivity contribution in [2.24, 2.45) is 0 Å². The van der Waals surface area contributed by atoms with Gasteiger partial charge >= 0.3 is 36.1 Å². The number of rotatable bonds is 10. The minimum absolute atomic E-state index is 0.129. The van der Waals surface area contributed by atoms with Crippen LogP contribution in [0.2, 0.25) is 0 Å². The standard InChI is InChI=1S/C24H18IOS.C20H12F6IS.2C3H4F2O2/c25-19-11-13-20(14-12-19)26-21-15-17-24(18-16-21)27(22-7-3-1-4-8-22)23-9-5-2-6-10-23;21-19(22,23)13-1-7-16(8-2-13)28(18-11-5-15(27)6-12-18)17-9-3-14(4-10-17)20(24,25)26;2*1-3(4,5)2(6)7/h1-18H;1-12H;2*1H3,(H,6,7)/q2*+1;;. The quantitative estimate of drug-likeness (QED) is 0.0810. The third kappa shape index (κ3) is 18.2. The van der Waals surface area contributed by atoms with Gasteiger partial charge in [-0.15, -0.1) is 0 Å². The summed E-state index contributed by atoms with van der Waals surface area (Å²) in [5.74, 6) is -9.64. The van der Waals surface area contributed by atoms with E-state index in [2.05, 4.69) is 130 Å². The van der Waals surface area contributed by atoms with Gasteiger partial charge < -0.3 is 14.9 Å². The largest absolute Gasteiger partial charge is 0.477 e. The predicted octanol–water partition coefficient (Wildman–Crippen LogP) is 16.1. The second-order valence-corrected chi connectivity index (χ2v) is 20.7.